The summed E-state index contributed by atoms with van der Waals surface area (Å²) in [4.78, 5) is 48.9. The summed E-state index contributed by atoms with van der Waals surface area (Å²) in [6.45, 7) is 15.7. The number of carboxylic acid groups (broad SMARTS) is 1. The summed E-state index contributed by atoms with van der Waals surface area (Å²) in [5.41, 5.74) is 4.21. The average molecular weight is 753 g/mol. The van der Waals surface area contributed by atoms with Crippen LogP contribution in [0.4, 0.5) is 21.1 Å². The molecule has 0 bridgehead atoms. The Morgan fingerprint density at radius 3 is 2.45 bits per heavy atom. The summed E-state index contributed by atoms with van der Waals surface area (Å²) >= 11 is 1.51. The summed E-state index contributed by atoms with van der Waals surface area (Å²) in [6.07, 6.45) is 1.72. The predicted octanol–water partition coefficient (Wildman–Crippen LogP) is 5.97. The van der Waals surface area contributed by atoms with Gasteiger partial charge in [-0.2, -0.15) is 5.10 Å². The quantitative estimate of drug-likeness (QED) is 0.211. The van der Waals surface area contributed by atoms with Crippen LogP contribution in [0.3, 0.4) is 0 Å². The first-order valence-corrected chi connectivity index (χ1v) is 18.9. The van der Waals surface area contributed by atoms with E-state index >= 15 is 0 Å². The van der Waals surface area contributed by atoms with Crippen molar-refractivity contribution in [3.8, 4) is 0 Å². The maximum atomic E-state index is 12.6. The number of fused-ring (bicyclic) bond motifs is 4. The first kappa shape index (κ1) is 39.8. The van der Waals surface area contributed by atoms with Crippen molar-refractivity contribution in [2.75, 3.05) is 43.7 Å². The number of benzene rings is 1. The number of anilines is 2. The van der Waals surface area contributed by atoms with Gasteiger partial charge in [0.2, 0.25) is 0 Å². The third-order valence-corrected chi connectivity index (χ3v) is 9.34. The van der Waals surface area contributed by atoms with Crippen LogP contribution in [0, 0.1) is 0 Å². The average Bonchev–Trinajstić information content (AvgIpc) is 3.34. The van der Waals surface area contributed by atoms with Crippen molar-refractivity contribution in [3.63, 3.8) is 0 Å². The van der Waals surface area contributed by atoms with Crippen LogP contribution in [-0.4, -0.2) is 92.5 Å². The molecule has 6 rings (SSSR count). The number of thioether (sulfide) groups is 1. The van der Waals surface area contributed by atoms with E-state index in [1.54, 1.807) is 39.8 Å². The van der Waals surface area contributed by atoms with Crippen molar-refractivity contribution in [1.29, 1.82) is 0 Å². The van der Waals surface area contributed by atoms with Crippen LogP contribution in [0.15, 0.2) is 29.4 Å². The molecule has 53 heavy (non-hydrogen) atoms. The molecule has 0 radical (unpaired) electrons. The Morgan fingerprint density at radius 2 is 1.83 bits per heavy atom. The number of hydrogen-bond acceptors (Lipinski definition) is 11. The molecule has 3 N–H and O–H groups in total. The van der Waals surface area contributed by atoms with E-state index in [-0.39, 0.29) is 17.6 Å². The van der Waals surface area contributed by atoms with Gasteiger partial charge in [-0.3, -0.25) is 14.8 Å². The van der Waals surface area contributed by atoms with Gasteiger partial charge in [0.1, 0.15) is 17.0 Å². The van der Waals surface area contributed by atoms with Gasteiger partial charge in [-0.25, -0.2) is 19.6 Å². The van der Waals surface area contributed by atoms with Crippen molar-refractivity contribution < 1.29 is 33.7 Å². The molecule has 0 aliphatic carbocycles. The fourth-order valence-electron chi connectivity index (χ4n) is 6.47. The lowest BCUT2D eigenvalue weighted by molar-refractivity contribution is -0.148. The first-order valence-electron chi connectivity index (χ1n) is 17.7. The molecule has 0 saturated heterocycles. The standard InChI is InChI=1S/C32H41N7O5S.C5H11NO2/c1-19-22-10-9-20(33-30(41)44-31(2,3)4)13-24(22)32(18-42-19)15-26-23(17-43-32)27(35-29(34-26)45-7)38-11-8-12-39-21(16-38)14-25(36-39)28(40)37(5)6;1-5(2,3)6-4(7)8/h9-10,13-14,19H,8,11-12,15-18H2,1-7H3,(H,33,41);6H,1-3H3,(H,7,8)/t19-,32+;/m0./s1. The van der Waals surface area contributed by atoms with Gasteiger partial charge in [0.25, 0.3) is 5.91 Å². The maximum Gasteiger partial charge on any atom is 0.412 e. The molecule has 16 heteroatoms. The van der Waals surface area contributed by atoms with Crippen LogP contribution >= 0.6 is 11.8 Å². The highest BCUT2D eigenvalue weighted by molar-refractivity contribution is 7.98. The van der Waals surface area contributed by atoms with Crippen LogP contribution in [0.1, 0.15) is 99.6 Å². The number of amides is 3. The number of ether oxygens (including phenoxy) is 3. The second-order valence-electron chi connectivity index (χ2n) is 15.7. The summed E-state index contributed by atoms with van der Waals surface area (Å²) in [5, 5.41) is 18.6. The number of rotatable bonds is 4. The summed E-state index contributed by atoms with van der Waals surface area (Å²) in [6, 6.07) is 7.71. The van der Waals surface area contributed by atoms with Crippen LogP contribution in [0.2, 0.25) is 0 Å². The van der Waals surface area contributed by atoms with E-state index < -0.39 is 23.4 Å². The molecule has 2 aromatic heterocycles. The lowest BCUT2D eigenvalue weighted by atomic mass is 9.80. The molecular weight excluding hydrogens is 701 g/mol. The van der Waals surface area contributed by atoms with Crippen molar-refractivity contribution in [2.45, 2.75) is 109 Å². The third kappa shape index (κ3) is 9.58. The third-order valence-electron chi connectivity index (χ3n) is 8.79. The van der Waals surface area contributed by atoms with Crippen LogP contribution in [0.25, 0.3) is 0 Å². The number of carbonyl (C=O) groups is 3. The van der Waals surface area contributed by atoms with Gasteiger partial charge in [-0.1, -0.05) is 17.8 Å². The number of carbonyl (C=O) groups excluding carboxylic acids is 2. The topological polar surface area (TPSA) is 173 Å². The van der Waals surface area contributed by atoms with E-state index in [2.05, 4.69) is 20.6 Å². The zero-order chi connectivity index (χ0) is 38.9. The minimum absolute atomic E-state index is 0.112. The van der Waals surface area contributed by atoms with Crippen molar-refractivity contribution in [2.24, 2.45) is 0 Å². The monoisotopic (exact) mass is 752 g/mol. The highest BCUT2D eigenvalue weighted by atomic mass is 32.2. The summed E-state index contributed by atoms with van der Waals surface area (Å²) in [7, 11) is 3.47. The number of aromatic nitrogens is 4. The van der Waals surface area contributed by atoms with Gasteiger partial charge >= 0.3 is 12.2 Å². The van der Waals surface area contributed by atoms with E-state index in [1.807, 2.05) is 62.9 Å². The zero-order valence-electron chi connectivity index (χ0n) is 32.3. The van der Waals surface area contributed by atoms with E-state index in [1.165, 1.54) is 11.8 Å². The van der Waals surface area contributed by atoms with Gasteiger partial charge < -0.3 is 34.4 Å². The minimum Gasteiger partial charge on any atom is -0.465 e. The molecule has 1 spiro atoms. The van der Waals surface area contributed by atoms with E-state index in [0.29, 0.717) is 42.7 Å². The SMILES string of the molecule is CC(C)(C)NC(=O)O.CSc1nc2c(c(N3CCCn4nc(C(=O)N(C)C)cc4C3)n1)CO[C@@]1(CO[C@@H](C)c3ccc(NC(=O)OC(C)(C)C)cc31)C2. The second kappa shape index (κ2) is 15.5. The summed E-state index contributed by atoms with van der Waals surface area (Å²) in [5.74, 6) is 0.735. The Morgan fingerprint density at radius 1 is 1.09 bits per heavy atom. The fraction of sp³-hybridized carbons (Fsp3) is 0.568. The maximum absolute atomic E-state index is 12.6. The van der Waals surface area contributed by atoms with Crippen LogP contribution in [0.5, 0.6) is 0 Å². The zero-order valence-corrected chi connectivity index (χ0v) is 33.1. The van der Waals surface area contributed by atoms with Crippen molar-refractivity contribution >= 4 is 41.4 Å². The molecule has 3 aromatic rings. The molecule has 3 amide bonds. The van der Waals surface area contributed by atoms with E-state index in [4.69, 9.17) is 29.3 Å². The molecule has 0 fully saturated rings. The Bertz CT molecular complexity index is 1850. The molecule has 0 unspecified atom stereocenters. The largest absolute Gasteiger partial charge is 0.465 e. The summed E-state index contributed by atoms with van der Waals surface area (Å²) < 4.78 is 20.4. The number of nitrogens with zero attached hydrogens (tertiary/aromatic N) is 6. The lowest BCUT2D eigenvalue weighted by Crippen LogP contribution is -2.45. The van der Waals surface area contributed by atoms with Gasteiger partial charge in [-0.15, -0.1) is 0 Å². The predicted molar refractivity (Wildman–Crippen MR) is 201 cm³/mol. The number of hydrogen-bond donors (Lipinski definition) is 3. The van der Waals surface area contributed by atoms with E-state index in [0.717, 1.165) is 53.4 Å². The van der Waals surface area contributed by atoms with Gasteiger partial charge in [0, 0.05) is 50.4 Å². The van der Waals surface area contributed by atoms with Crippen LogP contribution in [-0.2, 0) is 45.9 Å². The molecule has 1 aromatic carbocycles. The molecule has 2 atom stereocenters. The molecule has 15 nitrogen and oxygen atoms in total. The molecule has 288 valence electrons. The smallest absolute Gasteiger partial charge is 0.412 e. The molecular formula is C37H52N8O7S. The number of nitrogens with one attached hydrogen (secondary N) is 2. The first-order chi connectivity index (χ1) is 24.8. The normalized spacial score (nSPS) is 19.4. The van der Waals surface area contributed by atoms with Gasteiger partial charge in [-0.05, 0) is 90.5 Å². The highest BCUT2D eigenvalue weighted by Crippen LogP contribution is 2.46. The number of aryl methyl sites for hydroxylation is 1. The Balaban J connectivity index is 0.000000609. The Kier molecular flexibility index (Phi) is 11.6. The Hall–Kier alpha value is -4.41. The molecule has 5 heterocycles. The minimum atomic E-state index is -0.975. The molecule has 3 aliphatic rings. The van der Waals surface area contributed by atoms with E-state index in [9.17, 15) is 14.4 Å². The van der Waals surface area contributed by atoms with Gasteiger partial charge in [0.15, 0.2) is 10.9 Å². The van der Waals surface area contributed by atoms with Crippen molar-refractivity contribution in [1.82, 2.24) is 30.0 Å². The van der Waals surface area contributed by atoms with Crippen molar-refractivity contribution in [3.05, 3.63) is 58.0 Å². The fourth-order valence-corrected chi connectivity index (χ4v) is 6.85. The second-order valence-corrected chi connectivity index (χ2v) is 16.5. The Labute approximate surface area is 315 Å². The highest BCUT2D eigenvalue weighted by Gasteiger charge is 2.45. The van der Waals surface area contributed by atoms with Crippen LogP contribution < -0.4 is 15.5 Å². The van der Waals surface area contributed by atoms with Gasteiger partial charge in [0.05, 0.1) is 37.3 Å². The lowest BCUT2D eigenvalue weighted by Gasteiger charge is -2.44. The molecule has 0 saturated carbocycles. The molecule has 3 aliphatic heterocycles.